The monoisotopic (exact) mass is 506 g/mol. The van der Waals surface area contributed by atoms with Crippen molar-refractivity contribution >= 4 is 40.7 Å². The van der Waals surface area contributed by atoms with Gasteiger partial charge in [-0.05, 0) is 37.4 Å². The number of nitrogens with zero attached hydrogens (tertiary/aromatic N) is 4. The maximum Gasteiger partial charge on any atom is 0.191 e. The van der Waals surface area contributed by atoms with Crippen molar-refractivity contribution in [3.8, 4) is 0 Å². The smallest absolute Gasteiger partial charge is 0.191 e. The Labute approximate surface area is 190 Å². The Morgan fingerprint density at radius 1 is 1.17 bits per heavy atom. The second-order valence-corrected chi connectivity index (χ2v) is 7.31. The number of nitrogens with one attached hydrogen (secondary N) is 2. The van der Waals surface area contributed by atoms with Crippen LogP contribution in [0.15, 0.2) is 59.9 Å². The van der Waals surface area contributed by atoms with Gasteiger partial charge in [0.1, 0.15) is 0 Å². The Morgan fingerprint density at radius 2 is 1.90 bits per heavy atom. The summed E-state index contributed by atoms with van der Waals surface area (Å²) in [6.45, 7) is 2.90. The van der Waals surface area contributed by atoms with Crippen molar-refractivity contribution in [3.63, 3.8) is 0 Å². The van der Waals surface area contributed by atoms with E-state index in [1.54, 1.807) is 7.05 Å². The van der Waals surface area contributed by atoms with Crippen molar-refractivity contribution in [1.82, 2.24) is 25.3 Å². The molecule has 3 rings (SSSR count). The second-order valence-electron chi connectivity index (χ2n) is 7.31. The van der Waals surface area contributed by atoms with Gasteiger partial charge in [-0.25, -0.2) is 0 Å². The summed E-state index contributed by atoms with van der Waals surface area (Å²) >= 11 is 0. The molecule has 0 fully saturated rings. The predicted molar refractivity (Wildman–Crippen MR) is 132 cm³/mol. The molecule has 1 heterocycles. The van der Waals surface area contributed by atoms with Crippen molar-refractivity contribution in [2.24, 2.45) is 12.0 Å². The Hall–Kier alpha value is -2.13. The zero-order valence-electron chi connectivity index (χ0n) is 17.8. The minimum absolute atomic E-state index is 0. The fraction of sp³-hybridized carbons (Fsp3) is 0.364. The first-order chi connectivity index (χ1) is 13.5. The molecule has 0 aliphatic heterocycles. The molecule has 2 aromatic carbocycles. The number of likely N-dealkylation sites (N-methyl/N-ethyl adjacent to an activating group) is 1. The SMILES string of the molecule is CN=C(NCC(c1cnn(C)c1)N(C)C)NC(C)c1cccc2ccccc12.I. The number of rotatable bonds is 6. The van der Waals surface area contributed by atoms with Gasteiger partial charge in [0.2, 0.25) is 0 Å². The minimum atomic E-state index is 0. The standard InChI is InChI=1S/C22H30N6.HI/c1-16(19-12-8-10-17-9-6-7-11-20(17)19)26-22(23-2)24-14-21(27(3)4)18-13-25-28(5)15-18;/h6-13,15-16,21H,14H2,1-5H3,(H2,23,24,26);1H. The summed E-state index contributed by atoms with van der Waals surface area (Å²) in [5, 5.41) is 13.8. The van der Waals surface area contributed by atoms with Crippen molar-refractivity contribution < 1.29 is 0 Å². The van der Waals surface area contributed by atoms with Crippen LogP contribution in [-0.4, -0.2) is 48.3 Å². The van der Waals surface area contributed by atoms with Crippen LogP contribution in [0.4, 0.5) is 0 Å². The molecule has 0 radical (unpaired) electrons. The molecule has 3 aromatic rings. The van der Waals surface area contributed by atoms with E-state index in [1.165, 1.54) is 21.9 Å². The van der Waals surface area contributed by atoms with Gasteiger partial charge in [0.15, 0.2) is 5.96 Å². The molecule has 156 valence electrons. The van der Waals surface area contributed by atoms with Gasteiger partial charge in [-0.2, -0.15) is 5.10 Å². The number of guanidine groups is 1. The third-order valence-electron chi connectivity index (χ3n) is 5.06. The van der Waals surface area contributed by atoms with E-state index in [0.29, 0.717) is 0 Å². The summed E-state index contributed by atoms with van der Waals surface area (Å²) in [5.74, 6) is 0.788. The molecular formula is C22H31IN6. The van der Waals surface area contributed by atoms with Crippen LogP contribution >= 0.6 is 24.0 Å². The number of hydrogen-bond donors (Lipinski definition) is 2. The highest BCUT2D eigenvalue weighted by molar-refractivity contribution is 14.0. The molecule has 0 saturated carbocycles. The fourth-order valence-electron chi connectivity index (χ4n) is 3.51. The fourth-order valence-corrected chi connectivity index (χ4v) is 3.51. The number of aliphatic imine (C=N–C) groups is 1. The topological polar surface area (TPSA) is 57.5 Å². The molecule has 0 saturated heterocycles. The van der Waals surface area contributed by atoms with Gasteiger partial charge in [0.05, 0.1) is 18.3 Å². The zero-order valence-corrected chi connectivity index (χ0v) is 20.1. The maximum atomic E-state index is 4.42. The van der Waals surface area contributed by atoms with Crippen molar-refractivity contribution in [2.75, 3.05) is 27.7 Å². The highest BCUT2D eigenvalue weighted by Crippen LogP contribution is 2.24. The molecular weight excluding hydrogens is 475 g/mol. The molecule has 7 heteroatoms. The van der Waals surface area contributed by atoms with E-state index in [0.717, 1.165) is 12.5 Å². The molecule has 0 bridgehead atoms. The molecule has 2 unspecified atom stereocenters. The molecule has 0 aliphatic carbocycles. The van der Waals surface area contributed by atoms with E-state index in [1.807, 2.05) is 17.9 Å². The largest absolute Gasteiger partial charge is 0.354 e. The van der Waals surface area contributed by atoms with Crippen molar-refractivity contribution in [1.29, 1.82) is 0 Å². The highest BCUT2D eigenvalue weighted by atomic mass is 127. The van der Waals surface area contributed by atoms with Gasteiger partial charge in [-0.1, -0.05) is 42.5 Å². The quantitative estimate of drug-likeness (QED) is 0.304. The van der Waals surface area contributed by atoms with E-state index < -0.39 is 0 Å². The number of benzene rings is 2. The summed E-state index contributed by atoms with van der Waals surface area (Å²) in [7, 11) is 7.90. The highest BCUT2D eigenvalue weighted by Gasteiger charge is 2.17. The van der Waals surface area contributed by atoms with E-state index in [-0.39, 0.29) is 36.1 Å². The van der Waals surface area contributed by atoms with Crippen molar-refractivity contribution in [2.45, 2.75) is 19.0 Å². The third kappa shape index (κ3) is 5.70. The van der Waals surface area contributed by atoms with E-state index in [9.17, 15) is 0 Å². The molecule has 0 amide bonds. The van der Waals surface area contributed by atoms with Gasteiger partial charge in [0.25, 0.3) is 0 Å². The Morgan fingerprint density at radius 3 is 2.55 bits per heavy atom. The Bertz CT molecular complexity index is 944. The van der Waals surface area contributed by atoms with Gasteiger partial charge >= 0.3 is 0 Å². The first kappa shape index (κ1) is 23.2. The van der Waals surface area contributed by atoms with Crippen LogP contribution in [0.25, 0.3) is 10.8 Å². The lowest BCUT2D eigenvalue weighted by Gasteiger charge is -2.26. The second kappa shape index (κ2) is 10.6. The van der Waals surface area contributed by atoms with Gasteiger partial charge < -0.3 is 15.5 Å². The lowest BCUT2D eigenvalue weighted by atomic mass is 10.00. The molecule has 29 heavy (non-hydrogen) atoms. The van der Waals surface area contributed by atoms with E-state index >= 15 is 0 Å². The van der Waals surface area contributed by atoms with Crippen LogP contribution in [0.3, 0.4) is 0 Å². The first-order valence-corrected chi connectivity index (χ1v) is 9.59. The summed E-state index contributed by atoms with van der Waals surface area (Å²) in [4.78, 5) is 6.60. The lowest BCUT2D eigenvalue weighted by Crippen LogP contribution is -2.42. The molecule has 1 aromatic heterocycles. The summed E-state index contributed by atoms with van der Waals surface area (Å²) < 4.78 is 1.83. The van der Waals surface area contributed by atoms with Crippen LogP contribution in [0.5, 0.6) is 0 Å². The number of aryl methyl sites for hydroxylation is 1. The van der Waals surface area contributed by atoms with Crippen molar-refractivity contribution in [3.05, 3.63) is 66.0 Å². The van der Waals surface area contributed by atoms with Crippen LogP contribution in [0, 0.1) is 0 Å². The Balaban J connectivity index is 0.00000300. The van der Waals surface area contributed by atoms with Gasteiger partial charge in [-0.3, -0.25) is 9.67 Å². The summed E-state index contributed by atoms with van der Waals surface area (Å²) in [6, 6.07) is 15.2. The van der Waals surface area contributed by atoms with E-state index in [4.69, 9.17) is 0 Å². The molecule has 6 nitrogen and oxygen atoms in total. The van der Waals surface area contributed by atoms with Crippen LogP contribution < -0.4 is 10.6 Å². The number of halogens is 1. The van der Waals surface area contributed by atoms with Crippen LogP contribution in [0.2, 0.25) is 0 Å². The minimum Gasteiger partial charge on any atom is -0.354 e. The average Bonchev–Trinajstić information content (AvgIpc) is 3.12. The molecule has 0 spiro atoms. The first-order valence-electron chi connectivity index (χ1n) is 9.59. The molecule has 2 atom stereocenters. The molecule has 0 aliphatic rings. The van der Waals surface area contributed by atoms with Gasteiger partial charge in [0, 0.05) is 32.4 Å². The maximum absolute atomic E-state index is 4.42. The number of aromatic nitrogens is 2. The summed E-state index contributed by atoms with van der Waals surface area (Å²) in [6.07, 6.45) is 3.97. The van der Waals surface area contributed by atoms with Gasteiger partial charge in [-0.15, -0.1) is 24.0 Å². The van der Waals surface area contributed by atoms with E-state index in [2.05, 4.69) is 95.3 Å². The predicted octanol–water partition coefficient (Wildman–Crippen LogP) is 3.72. The lowest BCUT2D eigenvalue weighted by molar-refractivity contribution is 0.298. The Kier molecular flexibility index (Phi) is 8.45. The van der Waals surface area contributed by atoms with Crippen LogP contribution in [-0.2, 0) is 7.05 Å². The number of fused-ring (bicyclic) bond motifs is 1. The summed E-state index contributed by atoms with van der Waals surface area (Å²) in [5.41, 5.74) is 2.44. The third-order valence-corrected chi connectivity index (χ3v) is 5.06. The molecule has 2 N–H and O–H groups in total. The number of hydrogen-bond acceptors (Lipinski definition) is 3. The van der Waals surface area contributed by atoms with Crippen LogP contribution in [0.1, 0.15) is 30.1 Å². The average molecular weight is 506 g/mol. The zero-order chi connectivity index (χ0) is 20.1. The normalized spacial score (nSPS) is 13.8.